The summed E-state index contributed by atoms with van der Waals surface area (Å²) in [6, 6.07) is 2.64. The van der Waals surface area contributed by atoms with Gasteiger partial charge in [-0.05, 0) is 6.07 Å². The third kappa shape index (κ3) is 6.62. The molecule has 1 rings (SSSR count). The van der Waals surface area contributed by atoms with Crippen molar-refractivity contribution >= 4 is 11.9 Å². The summed E-state index contributed by atoms with van der Waals surface area (Å²) in [6.07, 6.45) is 1.78. The number of pyridine rings is 1. The fourth-order valence-electron chi connectivity index (χ4n) is 1.86. The molecule has 1 aromatic heterocycles. The highest BCUT2D eigenvalue weighted by Crippen LogP contribution is 2.16. The highest BCUT2D eigenvalue weighted by Gasteiger charge is 2.23. The van der Waals surface area contributed by atoms with E-state index in [1.807, 2.05) is 0 Å². The Kier molecular flexibility index (Phi) is 8.63. The van der Waals surface area contributed by atoms with Gasteiger partial charge in [-0.25, -0.2) is 9.78 Å². The van der Waals surface area contributed by atoms with E-state index in [9.17, 15) is 9.59 Å². The van der Waals surface area contributed by atoms with Crippen molar-refractivity contribution in [2.45, 2.75) is 12.5 Å². The van der Waals surface area contributed by atoms with Crippen LogP contribution in [-0.2, 0) is 30.2 Å². The van der Waals surface area contributed by atoms with Crippen LogP contribution in [0.1, 0.15) is 5.56 Å². The molecule has 0 unspecified atom stereocenters. The zero-order chi connectivity index (χ0) is 17.1. The van der Waals surface area contributed by atoms with Crippen LogP contribution in [0, 0.1) is 0 Å². The molecule has 0 saturated heterocycles. The van der Waals surface area contributed by atoms with E-state index < -0.39 is 17.9 Å². The molecule has 0 aliphatic heterocycles. The molecule has 8 heteroatoms. The maximum atomic E-state index is 11.9. The molecule has 1 aromatic rings. The van der Waals surface area contributed by atoms with E-state index in [2.05, 4.69) is 10.3 Å². The van der Waals surface area contributed by atoms with Crippen molar-refractivity contribution < 1.29 is 28.5 Å². The predicted octanol–water partition coefficient (Wildman–Crippen LogP) is -0.0465. The Labute approximate surface area is 135 Å². The van der Waals surface area contributed by atoms with Crippen LogP contribution in [0.5, 0.6) is 5.88 Å². The van der Waals surface area contributed by atoms with Crippen molar-refractivity contribution in [3.8, 4) is 5.88 Å². The Bertz CT molecular complexity index is 508. The van der Waals surface area contributed by atoms with E-state index in [0.29, 0.717) is 24.7 Å². The average molecular weight is 326 g/mol. The lowest BCUT2D eigenvalue weighted by Crippen LogP contribution is -2.44. The molecule has 0 aliphatic carbocycles. The van der Waals surface area contributed by atoms with E-state index in [-0.39, 0.29) is 13.0 Å². The average Bonchev–Trinajstić information content (AvgIpc) is 2.57. The highest BCUT2D eigenvalue weighted by molar-refractivity contribution is 5.85. The number of amides is 1. The van der Waals surface area contributed by atoms with Crippen molar-refractivity contribution in [1.82, 2.24) is 10.3 Å². The number of hydrogen-bond donors (Lipinski definition) is 1. The summed E-state index contributed by atoms with van der Waals surface area (Å²) >= 11 is 0. The largest absolute Gasteiger partial charge is 0.481 e. The minimum absolute atomic E-state index is 0.166. The Hall–Kier alpha value is -2.19. The molecule has 0 radical (unpaired) electrons. The molecule has 0 saturated carbocycles. The molecule has 1 N–H and O–H groups in total. The molecule has 1 amide bonds. The molecule has 1 atom stereocenters. The Morgan fingerprint density at radius 2 is 2.04 bits per heavy atom. The number of aromatic nitrogens is 1. The number of carbonyl (C=O) groups excluding carboxylic acids is 2. The predicted molar refractivity (Wildman–Crippen MR) is 81.1 cm³/mol. The van der Waals surface area contributed by atoms with Gasteiger partial charge < -0.3 is 24.3 Å². The summed E-state index contributed by atoms with van der Waals surface area (Å²) in [5.41, 5.74) is 0.686. The molecule has 0 bridgehead atoms. The minimum Gasteiger partial charge on any atom is -0.481 e. The molecule has 1 heterocycles. The molecule has 0 spiro atoms. The van der Waals surface area contributed by atoms with Crippen molar-refractivity contribution in [3.05, 3.63) is 23.9 Å². The number of nitrogens with zero attached hydrogens (tertiary/aromatic N) is 1. The van der Waals surface area contributed by atoms with E-state index >= 15 is 0 Å². The summed E-state index contributed by atoms with van der Waals surface area (Å²) in [7, 11) is 4.29. The first-order chi connectivity index (χ1) is 11.1. The molecule has 23 heavy (non-hydrogen) atoms. The quantitative estimate of drug-likeness (QED) is 0.476. The number of rotatable bonds is 10. The second-order valence-corrected chi connectivity index (χ2v) is 4.56. The Morgan fingerprint density at radius 3 is 2.70 bits per heavy atom. The van der Waals surface area contributed by atoms with Gasteiger partial charge in [0.2, 0.25) is 11.8 Å². The van der Waals surface area contributed by atoms with Gasteiger partial charge in [0.05, 0.1) is 27.4 Å². The van der Waals surface area contributed by atoms with Crippen molar-refractivity contribution in [3.63, 3.8) is 0 Å². The maximum absolute atomic E-state index is 11.9. The highest BCUT2D eigenvalue weighted by atomic mass is 16.5. The second kappa shape index (κ2) is 10.5. The first-order valence-electron chi connectivity index (χ1n) is 7.04. The van der Waals surface area contributed by atoms with Gasteiger partial charge in [0, 0.05) is 25.3 Å². The van der Waals surface area contributed by atoms with Crippen LogP contribution in [0.2, 0.25) is 0 Å². The van der Waals surface area contributed by atoms with Crippen LogP contribution in [0.25, 0.3) is 0 Å². The van der Waals surface area contributed by atoms with Gasteiger partial charge >= 0.3 is 5.97 Å². The summed E-state index contributed by atoms with van der Waals surface area (Å²) in [5, 5.41) is 2.58. The zero-order valence-corrected chi connectivity index (χ0v) is 13.5. The lowest BCUT2D eigenvalue weighted by molar-refractivity contribution is -0.145. The van der Waals surface area contributed by atoms with Gasteiger partial charge in [-0.2, -0.15) is 0 Å². The van der Waals surface area contributed by atoms with Crippen molar-refractivity contribution in [1.29, 1.82) is 0 Å². The standard InChI is InChI=1S/C15H22N2O6/c1-20-7-8-23-10-13(18)17-12(15(19)22-3)9-11-5-4-6-16-14(11)21-2/h4-6,12H,7-10H2,1-3H3,(H,17,18)/t12-/m0/s1. The van der Waals surface area contributed by atoms with E-state index in [1.165, 1.54) is 21.3 Å². The first-order valence-corrected chi connectivity index (χ1v) is 7.04. The lowest BCUT2D eigenvalue weighted by atomic mass is 10.1. The van der Waals surface area contributed by atoms with E-state index in [4.69, 9.17) is 18.9 Å². The van der Waals surface area contributed by atoms with Gasteiger partial charge in [0.15, 0.2) is 0 Å². The third-order valence-corrected chi connectivity index (χ3v) is 2.95. The van der Waals surface area contributed by atoms with Crippen LogP contribution in [0.4, 0.5) is 0 Å². The van der Waals surface area contributed by atoms with Crippen LogP contribution in [-0.4, -0.2) is 64.1 Å². The van der Waals surface area contributed by atoms with Gasteiger partial charge in [0.25, 0.3) is 0 Å². The van der Waals surface area contributed by atoms with Gasteiger partial charge in [-0.1, -0.05) is 6.07 Å². The topological polar surface area (TPSA) is 96.0 Å². The minimum atomic E-state index is -0.850. The third-order valence-electron chi connectivity index (χ3n) is 2.95. The summed E-state index contributed by atoms with van der Waals surface area (Å²) in [4.78, 5) is 27.8. The monoisotopic (exact) mass is 326 g/mol. The van der Waals surface area contributed by atoms with Crippen LogP contribution >= 0.6 is 0 Å². The molecule has 0 aliphatic rings. The Balaban J connectivity index is 2.66. The number of nitrogens with one attached hydrogen (secondary N) is 1. The number of methoxy groups -OCH3 is 3. The maximum Gasteiger partial charge on any atom is 0.328 e. The summed E-state index contributed by atoms with van der Waals surface area (Å²) < 4.78 is 19.8. The molecule has 0 aromatic carbocycles. The summed E-state index contributed by atoms with van der Waals surface area (Å²) in [5.74, 6) is -0.576. The van der Waals surface area contributed by atoms with E-state index in [1.54, 1.807) is 18.3 Å². The molecular formula is C15H22N2O6. The van der Waals surface area contributed by atoms with Crippen LogP contribution in [0.3, 0.4) is 0 Å². The normalized spacial score (nSPS) is 11.6. The molecule has 8 nitrogen and oxygen atoms in total. The number of esters is 1. The van der Waals surface area contributed by atoms with Gasteiger partial charge in [-0.15, -0.1) is 0 Å². The smallest absolute Gasteiger partial charge is 0.328 e. The summed E-state index contributed by atoms with van der Waals surface area (Å²) in [6.45, 7) is 0.519. The Morgan fingerprint density at radius 1 is 1.26 bits per heavy atom. The number of carbonyl (C=O) groups is 2. The first kappa shape index (κ1) is 18.9. The van der Waals surface area contributed by atoms with Crippen LogP contribution in [0.15, 0.2) is 18.3 Å². The molecular weight excluding hydrogens is 304 g/mol. The van der Waals surface area contributed by atoms with Gasteiger partial charge in [0.1, 0.15) is 12.6 Å². The van der Waals surface area contributed by atoms with Crippen molar-refractivity contribution in [2.75, 3.05) is 41.2 Å². The number of hydrogen-bond acceptors (Lipinski definition) is 7. The fourth-order valence-corrected chi connectivity index (χ4v) is 1.86. The second-order valence-electron chi connectivity index (χ2n) is 4.56. The molecule has 128 valence electrons. The fraction of sp³-hybridized carbons (Fsp3) is 0.533. The SMILES string of the molecule is COCCOCC(=O)N[C@@H](Cc1cccnc1OC)C(=O)OC. The lowest BCUT2D eigenvalue weighted by Gasteiger charge is -2.17. The molecule has 0 fully saturated rings. The van der Waals surface area contributed by atoms with Gasteiger partial charge in [-0.3, -0.25) is 4.79 Å². The zero-order valence-electron chi connectivity index (χ0n) is 13.5. The van der Waals surface area contributed by atoms with E-state index in [0.717, 1.165) is 0 Å². The van der Waals surface area contributed by atoms with Crippen molar-refractivity contribution in [2.24, 2.45) is 0 Å². The van der Waals surface area contributed by atoms with Crippen LogP contribution < -0.4 is 10.1 Å². The number of ether oxygens (including phenoxy) is 4.